The van der Waals surface area contributed by atoms with Gasteiger partial charge in [0, 0.05) is 5.56 Å². The summed E-state index contributed by atoms with van der Waals surface area (Å²) in [6.45, 7) is 3.95. The highest BCUT2D eigenvalue weighted by Crippen LogP contribution is 2.40. The minimum atomic E-state index is -1.31. The summed E-state index contributed by atoms with van der Waals surface area (Å²) in [6.07, 6.45) is 0. The molecule has 1 aromatic rings. The van der Waals surface area contributed by atoms with Crippen LogP contribution in [0.3, 0.4) is 0 Å². The maximum absolute atomic E-state index is 5.77. The molecule has 0 aliphatic heterocycles. The van der Waals surface area contributed by atoms with E-state index in [4.69, 9.17) is 34.8 Å². The number of rotatable bonds is 0. The van der Waals surface area contributed by atoms with Gasteiger partial charge in [0.25, 0.3) is 0 Å². The molecule has 0 saturated heterocycles. The first-order chi connectivity index (χ1) is 5.43. The molecule has 0 saturated carbocycles. The molecule has 0 radical (unpaired) electrons. The molecule has 0 aliphatic carbocycles. The Bertz CT molecular complexity index is 286. The smallest absolute Gasteiger partial charge is 0.0784 e. The van der Waals surface area contributed by atoms with Crippen molar-refractivity contribution in [1.29, 1.82) is 0 Å². The van der Waals surface area contributed by atoms with E-state index in [0.717, 1.165) is 16.7 Å². The highest BCUT2D eigenvalue weighted by Gasteiger charge is 2.24. The van der Waals surface area contributed by atoms with E-state index in [0.29, 0.717) is 0 Å². The van der Waals surface area contributed by atoms with Gasteiger partial charge in [-0.05, 0) is 25.0 Å². The third kappa shape index (κ3) is 2.07. The van der Waals surface area contributed by atoms with Crippen LogP contribution in [0.5, 0.6) is 0 Å². The first kappa shape index (κ1) is 10.2. The summed E-state index contributed by atoms with van der Waals surface area (Å²) in [5.41, 5.74) is 2.93. The monoisotopic (exact) mass is 222 g/mol. The molecule has 0 bridgehead atoms. The van der Waals surface area contributed by atoms with Gasteiger partial charge in [-0.25, -0.2) is 0 Å². The Morgan fingerprint density at radius 1 is 1.08 bits per heavy atom. The fraction of sp³-hybridized carbons (Fsp3) is 0.333. The lowest BCUT2D eigenvalue weighted by atomic mass is 10.0. The van der Waals surface area contributed by atoms with Gasteiger partial charge >= 0.3 is 0 Å². The maximum atomic E-state index is 5.77. The van der Waals surface area contributed by atoms with Crippen LogP contribution in [-0.4, -0.2) is 0 Å². The second-order valence-electron chi connectivity index (χ2n) is 2.75. The van der Waals surface area contributed by atoms with Crippen LogP contribution in [-0.2, 0) is 3.79 Å². The molecule has 0 N–H and O–H groups in total. The Morgan fingerprint density at radius 3 is 2.08 bits per heavy atom. The molecule has 0 atom stereocenters. The van der Waals surface area contributed by atoms with Crippen LogP contribution < -0.4 is 0 Å². The zero-order valence-corrected chi connectivity index (χ0v) is 9.13. The van der Waals surface area contributed by atoms with Gasteiger partial charge < -0.3 is 0 Å². The standard InChI is InChI=1S/C9H9Cl3/c1-6-4-3-5-8(7(6)2)9(10,11)12/h3-5H,1-2H3. The molecule has 12 heavy (non-hydrogen) atoms. The van der Waals surface area contributed by atoms with E-state index in [9.17, 15) is 0 Å². The van der Waals surface area contributed by atoms with Crippen molar-refractivity contribution in [3.8, 4) is 0 Å². The molecule has 0 unspecified atom stereocenters. The number of alkyl halides is 3. The third-order valence-electron chi connectivity index (χ3n) is 1.91. The first-order valence-corrected chi connectivity index (χ1v) is 4.69. The van der Waals surface area contributed by atoms with Crippen molar-refractivity contribution >= 4 is 34.8 Å². The molecule has 1 aromatic carbocycles. The molecule has 0 aromatic heterocycles. The summed E-state index contributed by atoms with van der Waals surface area (Å²) in [6, 6.07) is 5.71. The minimum absolute atomic E-state index is 0.757. The van der Waals surface area contributed by atoms with E-state index in [1.54, 1.807) is 0 Å². The average molecular weight is 224 g/mol. The summed E-state index contributed by atoms with van der Waals surface area (Å²) >= 11 is 17.3. The van der Waals surface area contributed by atoms with E-state index < -0.39 is 3.79 Å². The lowest BCUT2D eigenvalue weighted by molar-refractivity contribution is 1.16. The molecule has 0 spiro atoms. The zero-order chi connectivity index (χ0) is 9.35. The topological polar surface area (TPSA) is 0 Å². The molecule has 66 valence electrons. The predicted octanol–water partition coefficient (Wildman–Crippen LogP) is 4.13. The van der Waals surface area contributed by atoms with Crippen LogP contribution in [0.25, 0.3) is 0 Å². The van der Waals surface area contributed by atoms with Crippen molar-refractivity contribution in [3.63, 3.8) is 0 Å². The van der Waals surface area contributed by atoms with Gasteiger partial charge in [0.2, 0.25) is 3.79 Å². The first-order valence-electron chi connectivity index (χ1n) is 3.56. The van der Waals surface area contributed by atoms with Crippen LogP contribution in [0.15, 0.2) is 18.2 Å². The van der Waals surface area contributed by atoms with Crippen LogP contribution in [0.2, 0.25) is 0 Å². The fourth-order valence-corrected chi connectivity index (χ4v) is 1.67. The van der Waals surface area contributed by atoms with Crippen LogP contribution in [0.1, 0.15) is 16.7 Å². The molecule has 3 heteroatoms. The second-order valence-corrected chi connectivity index (χ2v) is 5.03. The van der Waals surface area contributed by atoms with Gasteiger partial charge in [-0.3, -0.25) is 0 Å². The summed E-state index contributed by atoms with van der Waals surface area (Å²) in [7, 11) is 0. The molecule has 0 heterocycles. The SMILES string of the molecule is Cc1cccc(C(Cl)(Cl)Cl)c1C. The van der Waals surface area contributed by atoms with Crippen molar-refractivity contribution < 1.29 is 0 Å². The van der Waals surface area contributed by atoms with Crippen molar-refractivity contribution in [2.24, 2.45) is 0 Å². The lowest BCUT2D eigenvalue weighted by Crippen LogP contribution is -2.03. The molecule has 1 rings (SSSR count). The Kier molecular flexibility index (Phi) is 2.92. The summed E-state index contributed by atoms with van der Waals surface area (Å²) in [5, 5.41) is 0. The fourth-order valence-electron chi connectivity index (χ4n) is 1.06. The van der Waals surface area contributed by atoms with Gasteiger partial charge in [0.1, 0.15) is 0 Å². The molecule has 0 aliphatic rings. The molecule has 0 nitrogen and oxygen atoms in total. The summed E-state index contributed by atoms with van der Waals surface area (Å²) in [5.74, 6) is 0. The number of aryl methyl sites for hydroxylation is 1. The van der Waals surface area contributed by atoms with Crippen molar-refractivity contribution in [1.82, 2.24) is 0 Å². The highest BCUT2D eigenvalue weighted by molar-refractivity contribution is 6.66. The molecule has 0 amide bonds. The summed E-state index contributed by atoms with van der Waals surface area (Å²) in [4.78, 5) is 0. The Labute approximate surface area is 87.4 Å². The maximum Gasteiger partial charge on any atom is 0.216 e. The van der Waals surface area contributed by atoms with Crippen molar-refractivity contribution in [2.75, 3.05) is 0 Å². The second kappa shape index (κ2) is 3.45. The van der Waals surface area contributed by atoms with Crippen LogP contribution in [0, 0.1) is 13.8 Å². The molecular weight excluding hydrogens is 214 g/mol. The molecular formula is C9H9Cl3. The van der Waals surface area contributed by atoms with E-state index in [2.05, 4.69) is 0 Å². The number of halogens is 3. The predicted molar refractivity (Wildman–Crippen MR) is 55.2 cm³/mol. The highest BCUT2D eigenvalue weighted by atomic mass is 35.6. The van der Waals surface area contributed by atoms with Gasteiger partial charge in [0.05, 0.1) is 0 Å². The van der Waals surface area contributed by atoms with Gasteiger partial charge in [0.15, 0.2) is 0 Å². The minimum Gasteiger partial charge on any atom is -0.0784 e. The quantitative estimate of drug-likeness (QED) is 0.580. The normalized spacial score (nSPS) is 11.8. The lowest BCUT2D eigenvalue weighted by Gasteiger charge is -2.15. The number of benzene rings is 1. The third-order valence-corrected chi connectivity index (χ3v) is 2.52. The Balaban J connectivity index is 3.26. The Morgan fingerprint density at radius 2 is 1.67 bits per heavy atom. The van der Waals surface area contributed by atoms with Gasteiger partial charge in [-0.1, -0.05) is 53.0 Å². The zero-order valence-electron chi connectivity index (χ0n) is 6.87. The number of hydrogen-bond acceptors (Lipinski definition) is 0. The van der Waals surface area contributed by atoms with Crippen LogP contribution in [0.4, 0.5) is 0 Å². The number of hydrogen-bond donors (Lipinski definition) is 0. The van der Waals surface area contributed by atoms with E-state index in [1.165, 1.54) is 0 Å². The van der Waals surface area contributed by atoms with E-state index >= 15 is 0 Å². The Hall–Kier alpha value is 0.0900. The van der Waals surface area contributed by atoms with E-state index in [1.807, 2.05) is 32.0 Å². The van der Waals surface area contributed by atoms with E-state index in [-0.39, 0.29) is 0 Å². The van der Waals surface area contributed by atoms with Gasteiger partial charge in [-0.2, -0.15) is 0 Å². The van der Waals surface area contributed by atoms with Gasteiger partial charge in [-0.15, -0.1) is 0 Å². The summed E-state index contributed by atoms with van der Waals surface area (Å²) < 4.78 is -1.31. The average Bonchev–Trinajstić information content (AvgIpc) is 1.92. The molecule has 0 fully saturated rings. The van der Waals surface area contributed by atoms with Crippen LogP contribution >= 0.6 is 34.8 Å². The van der Waals surface area contributed by atoms with Crippen molar-refractivity contribution in [2.45, 2.75) is 17.6 Å². The largest absolute Gasteiger partial charge is 0.216 e. The van der Waals surface area contributed by atoms with Crippen molar-refractivity contribution in [3.05, 3.63) is 34.9 Å².